The molecule has 1 aliphatic rings. The van der Waals surface area contributed by atoms with Crippen LogP contribution in [0, 0.1) is 12.8 Å². The van der Waals surface area contributed by atoms with Crippen LogP contribution < -0.4 is 10.2 Å². The number of para-hydroxylation sites is 1. The topological polar surface area (TPSA) is 70.8 Å². The summed E-state index contributed by atoms with van der Waals surface area (Å²) in [4.78, 5) is 9.53. The molecule has 1 saturated heterocycles. The standard InChI is InChI=1S/C23H37N7O.HI/c1-5-31-18-20-12-15-30(17-20)23(25-16-22-27-26-19(2)29(22)4)24-13-9-14-28(3)21-10-7-6-8-11-21;/h6-8,10-11,20H,5,9,12-18H2,1-4H3,(H,24,25);1H. The van der Waals surface area contributed by atoms with Crippen LogP contribution in [0.15, 0.2) is 35.3 Å². The second-order valence-electron chi connectivity index (χ2n) is 8.16. The van der Waals surface area contributed by atoms with Crippen molar-refractivity contribution in [3.05, 3.63) is 42.0 Å². The molecular formula is C23H38IN7O. The van der Waals surface area contributed by atoms with E-state index in [4.69, 9.17) is 9.73 Å². The first-order chi connectivity index (χ1) is 15.1. The van der Waals surface area contributed by atoms with Crippen molar-refractivity contribution in [2.75, 3.05) is 51.3 Å². The molecule has 1 N–H and O–H groups in total. The Balaban J connectivity index is 0.00000363. The number of aromatic nitrogens is 3. The van der Waals surface area contributed by atoms with Gasteiger partial charge in [0.05, 0.1) is 6.61 Å². The maximum atomic E-state index is 5.65. The summed E-state index contributed by atoms with van der Waals surface area (Å²) in [5.74, 6) is 3.31. The van der Waals surface area contributed by atoms with Crippen molar-refractivity contribution in [3.63, 3.8) is 0 Å². The Morgan fingerprint density at radius 3 is 2.75 bits per heavy atom. The van der Waals surface area contributed by atoms with Crippen molar-refractivity contribution in [2.24, 2.45) is 18.0 Å². The summed E-state index contributed by atoms with van der Waals surface area (Å²) < 4.78 is 7.64. The number of likely N-dealkylation sites (tertiary alicyclic amines) is 1. The molecular weight excluding hydrogens is 517 g/mol. The third kappa shape index (κ3) is 7.61. The van der Waals surface area contributed by atoms with E-state index in [1.54, 1.807) is 0 Å². The number of hydrogen-bond acceptors (Lipinski definition) is 5. The fourth-order valence-electron chi connectivity index (χ4n) is 3.78. The van der Waals surface area contributed by atoms with E-state index < -0.39 is 0 Å². The number of ether oxygens (including phenoxy) is 1. The van der Waals surface area contributed by atoms with Crippen LogP contribution in [0.5, 0.6) is 0 Å². The first-order valence-corrected chi connectivity index (χ1v) is 11.3. The van der Waals surface area contributed by atoms with E-state index in [9.17, 15) is 0 Å². The van der Waals surface area contributed by atoms with Crippen LogP contribution in [-0.4, -0.2) is 72.1 Å². The number of benzene rings is 1. The molecule has 2 heterocycles. The Morgan fingerprint density at radius 2 is 2.06 bits per heavy atom. The van der Waals surface area contributed by atoms with E-state index in [-0.39, 0.29) is 24.0 Å². The van der Waals surface area contributed by atoms with E-state index in [2.05, 4.69) is 69.6 Å². The lowest BCUT2D eigenvalue weighted by Gasteiger charge is -2.23. The first-order valence-electron chi connectivity index (χ1n) is 11.3. The van der Waals surface area contributed by atoms with Gasteiger partial charge in [0.2, 0.25) is 0 Å². The smallest absolute Gasteiger partial charge is 0.194 e. The third-order valence-electron chi connectivity index (χ3n) is 5.85. The fraction of sp³-hybridized carbons (Fsp3) is 0.609. The number of aryl methyl sites for hydroxylation is 1. The summed E-state index contributed by atoms with van der Waals surface area (Å²) in [7, 11) is 4.13. The van der Waals surface area contributed by atoms with Gasteiger partial charge in [0.15, 0.2) is 11.8 Å². The molecule has 1 aromatic carbocycles. The summed E-state index contributed by atoms with van der Waals surface area (Å²) in [5.41, 5.74) is 1.24. The number of halogens is 1. The number of aliphatic imine (C=N–C) groups is 1. The molecule has 1 atom stereocenters. The SMILES string of the molecule is CCOCC1CCN(C(=NCc2nnc(C)n2C)NCCCN(C)c2ccccc2)C1.I. The summed E-state index contributed by atoms with van der Waals surface area (Å²) in [5, 5.41) is 12.0. The molecule has 3 rings (SSSR count). The van der Waals surface area contributed by atoms with Crippen molar-refractivity contribution >= 4 is 35.6 Å². The summed E-state index contributed by atoms with van der Waals surface area (Å²) in [6.45, 7) is 9.98. The normalized spacial score (nSPS) is 16.2. The zero-order valence-corrected chi connectivity index (χ0v) is 22.2. The van der Waals surface area contributed by atoms with Crippen LogP contribution in [0.2, 0.25) is 0 Å². The summed E-state index contributed by atoms with van der Waals surface area (Å²) >= 11 is 0. The minimum absolute atomic E-state index is 0. The highest BCUT2D eigenvalue weighted by atomic mass is 127. The molecule has 8 nitrogen and oxygen atoms in total. The van der Waals surface area contributed by atoms with Crippen molar-refractivity contribution < 1.29 is 4.74 Å². The molecule has 178 valence electrons. The molecule has 1 aliphatic heterocycles. The molecule has 1 fully saturated rings. The summed E-state index contributed by atoms with van der Waals surface area (Å²) in [6.07, 6.45) is 2.17. The molecule has 0 spiro atoms. The number of hydrogen-bond donors (Lipinski definition) is 1. The number of nitrogens with zero attached hydrogens (tertiary/aromatic N) is 6. The zero-order chi connectivity index (χ0) is 22.1. The molecule has 0 amide bonds. The first kappa shape index (κ1) is 26.4. The van der Waals surface area contributed by atoms with Gasteiger partial charge in [-0.2, -0.15) is 0 Å². The van der Waals surface area contributed by atoms with Crippen LogP contribution in [0.3, 0.4) is 0 Å². The maximum Gasteiger partial charge on any atom is 0.194 e. The van der Waals surface area contributed by atoms with Gasteiger partial charge in [-0.1, -0.05) is 18.2 Å². The molecule has 0 aliphatic carbocycles. The predicted molar refractivity (Wildman–Crippen MR) is 141 cm³/mol. The monoisotopic (exact) mass is 555 g/mol. The van der Waals surface area contributed by atoms with E-state index in [0.29, 0.717) is 12.5 Å². The molecule has 0 radical (unpaired) electrons. The van der Waals surface area contributed by atoms with Crippen molar-refractivity contribution in [3.8, 4) is 0 Å². The lowest BCUT2D eigenvalue weighted by Crippen LogP contribution is -2.41. The average Bonchev–Trinajstić information content (AvgIpc) is 3.39. The minimum atomic E-state index is 0. The van der Waals surface area contributed by atoms with Gasteiger partial charge in [-0.25, -0.2) is 4.99 Å². The Kier molecular flexibility index (Phi) is 11.2. The molecule has 1 aromatic heterocycles. The largest absolute Gasteiger partial charge is 0.381 e. The quantitative estimate of drug-likeness (QED) is 0.210. The Bertz CT molecular complexity index is 827. The van der Waals surface area contributed by atoms with Gasteiger partial charge < -0.3 is 24.4 Å². The van der Waals surface area contributed by atoms with Crippen molar-refractivity contribution in [2.45, 2.75) is 33.2 Å². The number of nitrogens with one attached hydrogen (secondary N) is 1. The van der Waals surface area contributed by atoms with Crippen LogP contribution in [0.4, 0.5) is 5.69 Å². The van der Waals surface area contributed by atoms with Gasteiger partial charge in [0.1, 0.15) is 12.4 Å². The predicted octanol–water partition coefficient (Wildman–Crippen LogP) is 3.07. The molecule has 0 saturated carbocycles. The van der Waals surface area contributed by atoms with Gasteiger partial charge in [-0.3, -0.25) is 0 Å². The van der Waals surface area contributed by atoms with Gasteiger partial charge in [-0.15, -0.1) is 34.2 Å². The Hall–Kier alpha value is -1.88. The number of guanidine groups is 1. The van der Waals surface area contributed by atoms with E-state index in [1.165, 1.54) is 5.69 Å². The highest BCUT2D eigenvalue weighted by Gasteiger charge is 2.25. The second-order valence-corrected chi connectivity index (χ2v) is 8.16. The Labute approximate surface area is 209 Å². The van der Waals surface area contributed by atoms with E-state index in [1.807, 2.05) is 18.5 Å². The molecule has 1 unspecified atom stereocenters. The van der Waals surface area contributed by atoms with Crippen LogP contribution >= 0.6 is 24.0 Å². The maximum absolute atomic E-state index is 5.65. The van der Waals surface area contributed by atoms with Gasteiger partial charge in [0, 0.05) is 58.5 Å². The van der Waals surface area contributed by atoms with Crippen molar-refractivity contribution in [1.82, 2.24) is 25.0 Å². The molecule has 2 aromatic rings. The van der Waals surface area contributed by atoms with Crippen LogP contribution in [0.25, 0.3) is 0 Å². The number of anilines is 1. The lowest BCUT2D eigenvalue weighted by molar-refractivity contribution is 0.114. The van der Waals surface area contributed by atoms with Gasteiger partial charge >= 0.3 is 0 Å². The van der Waals surface area contributed by atoms with Gasteiger partial charge in [0.25, 0.3) is 0 Å². The molecule has 32 heavy (non-hydrogen) atoms. The highest BCUT2D eigenvalue weighted by molar-refractivity contribution is 14.0. The second kappa shape index (κ2) is 13.6. The number of rotatable bonds is 10. The fourth-order valence-corrected chi connectivity index (χ4v) is 3.78. The highest BCUT2D eigenvalue weighted by Crippen LogP contribution is 2.17. The average molecular weight is 556 g/mol. The van der Waals surface area contributed by atoms with E-state index in [0.717, 1.165) is 69.8 Å². The van der Waals surface area contributed by atoms with Crippen molar-refractivity contribution in [1.29, 1.82) is 0 Å². The molecule has 9 heteroatoms. The molecule has 0 bridgehead atoms. The van der Waals surface area contributed by atoms with E-state index >= 15 is 0 Å². The lowest BCUT2D eigenvalue weighted by atomic mass is 10.1. The third-order valence-corrected chi connectivity index (χ3v) is 5.85. The zero-order valence-electron chi connectivity index (χ0n) is 19.8. The van der Waals surface area contributed by atoms with Crippen LogP contribution in [0.1, 0.15) is 31.4 Å². The summed E-state index contributed by atoms with van der Waals surface area (Å²) in [6, 6.07) is 10.5. The Morgan fingerprint density at radius 1 is 1.28 bits per heavy atom. The minimum Gasteiger partial charge on any atom is -0.381 e. The van der Waals surface area contributed by atoms with Crippen LogP contribution in [-0.2, 0) is 18.3 Å². The van der Waals surface area contributed by atoms with Gasteiger partial charge in [-0.05, 0) is 38.8 Å².